The lowest BCUT2D eigenvalue weighted by Crippen LogP contribution is -2.40. The molecule has 212 valence electrons. The first-order valence-corrected chi connectivity index (χ1v) is 15.1. The fraction of sp³-hybridized carbons (Fsp3) is 0.258. The lowest BCUT2D eigenvalue weighted by atomic mass is 9.93. The Kier molecular flexibility index (Phi) is 8.79. The Labute approximate surface area is 254 Å². The number of hydrogen-bond acceptors (Lipinski definition) is 8. The first-order valence-electron chi connectivity index (χ1n) is 13.2. The van der Waals surface area contributed by atoms with E-state index in [-0.39, 0.29) is 12.2 Å². The fourth-order valence-electron chi connectivity index (χ4n) is 4.80. The van der Waals surface area contributed by atoms with Crippen molar-refractivity contribution in [2.75, 3.05) is 20.8 Å². The average Bonchev–Trinajstić information content (AvgIpc) is 3.56. The van der Waals surface area contributed by atoms with Crippen LogP contribution in [0.15, 0.2) is 80.1 Å². The largest absolute Gasteiger partial charge is 0.497 e. The van der Waals surface area contributed by atoms with Gasteiger partial charge in [-0.25, -0.2) is 9.79 Å². The molecule has 0 N–H and O–H groups in total. The Bertz CT molecular complexity index is 1800. The molecule has 8 nitrogen and oxygen atoms in total. The highest BCUT2D eigenvalue weighted by Gasteiger charge is 2.36. The van der Waals surface area contributed by atoms with E-state index in [2.05, 4.69) is 22.6 Å². The molecule has 2 aromatic heterocycles. The van der Waals surface area contributed by atoms with Crippen LogP contribution in [0.4, 0.5) is 0 Å². The molecule has 0 saturated heterocycles. The van der Waals surface area contributed by atoms with Gasteiger partial charge in [0, 0.05) is 20.8 Å². The molecular weight excluding hydrogens is 655 g/mol. The van der Waals surface area contributed by atoms with Gasteiger partial charge < -0.3 is 18.6 Å². The summed E-state index contributed by atoms with van der Waals surface area (Å²) in [7, 11) is 3.12. The van der Waals surface area contributed by atoms with Crippen molar-refractivity contribution in [1.29, 1.82) is 0 Å². The summed E-state index contributed by atoms with van der Waals surface area (Å²) in [6.45, 7) is 3.96. The summed E-state index contributed by atoms with van der Waals surface area (Å²) in [5, 5.41) is 0. The number of methoxy groups -OCH3 is 2. The number of allylic oxidation sites excluding steroid dienone is 1. The number of halogens is 1. The fourth-order valence-corrected chi connectivity index (χ4v) is 6.16. The Morgan fingerprint density at radius 1 is 1.10 bits per heavy atom. The SMILES string of the molecule is CCCC1=C(C(=O)OCC)[C@@H](c2cc(OC)ccc2OC)n2c(s/c(=C\c3ccc(-c4ccc(I)cc4)o3)c2=O)=N1. The van der Waals surface area contributed by atoms with Gasteiger partial charge >= 0.3 is 5.97 Å². The van der Waals surface area contributed by atoms with Crippen molar-refractivity contribution >= 4 is 46.0 Å². The van der Waals surface area contributed by atoms with Gasteiger partial charge in [-0.1, -0.05) is 36.8 Å². The second kappa shape index (κ2) is 12.5. The molecule has 0 amide bonds. The normalized spacial score (nSPS) is 15.0. The van der Waals surface area contributed by atoms with Gasteiger partial charge in [0.05, 0.1) is 36.6 Å². The van der Waals surface area contributed by atoms with E-state index in [0.29, 0.717) is 55.6 Å². The Morgan fingerprint density at radius 3 is 2.56 bits per heavy atom. The first-order chi connectivity index (χ1) is 19.9. The zero-order valence-corrected chi connectivity index (χ0v) is 26.1. The Hall–Kier alpha value is -3.64. The van der Waals surface area contributed by atoms with Crippen LogP contribution in [0.1, 0.15) is 44.1 Å². The number of benzene rings is 2. The molecule has 3 heterocycles. The van der Waals surface area contributed by atoms with Gasteiger partial charge in [-0.2, -0.15) is 0 Å². The summed E-state index contributed by atoms with van der Waals surface area (Å²) in [6, 6.07) is 16.2. The monoisotopic (exact) mass is 684 g/mol. The molecule has 41 heavy (non-hydrogen) atoms. The van der Waals surface area contributed by atoms with Crippen LogP contribution in [0.25, 0.3) is 17.4 Å². The Morgan fingerprint density at radius 2 is 1.88 bits per heavy atom. The third kappa shape index (κ3) is 5.76. The van der Waals surface area contributed by atoms with Crippen LogP contribution in [0.3, 0.4) is 0 Å². The van der Waals surface area contributed by atoms with E-state index in [1.165, 1.54) is 11.3 Å². The predicted molar refractivity (Wildman–Crippen MR) is 166 cm³/mol. The zero-order chi connectivity index (χ0) is 29.1. The quantitative estimate of drug-likeness (QED) is 0.172. The molecule has 1 aliphatic rings. The number of hydrogen-bond donors (Lipinski definition) is 0. The lowest BCUT2D eigenvalue weighted by molar-refractivity contribution is -0.139. The highest BCUT2D eigenvalue weighted by molar-refractivity contribution is 14.1. The summed E-state index contributed by atoms with van der Waals surface area (Å²) in [6.07, 6.45) is 3.01. The van der Waals surface area contributed by atoms with E-state index in [1.807, 2.05) is 43.3 Å². The van der Waals surface area contributed by atoms with Crippen LogP contribution < -0.4 is 24.4 Å². The number of nitrogens with zero attached hydrogens (tertiary/aromatic N) is 2. The van der Waals surface area contributed by atoms with Crippen molar-refractivity contribution < 1.29 is 23.4 Å². The molecule has 4 aromatic rings. The third-order valence-corrected chi connectivity index (χ3v) is 8.35. The molecule has 5 rings (SSSR count). The van der Waals surface area contributed by atoms with Crippen LogP contribution in [0.5, 0.6) is 11.5 Å². The maximum absolute atomic E-state index is 14.1. The molecule has 0 aliphatic carbocycles. The minimum absolute atomic E-state index is 0.190. The molecule has 0 saturated carbocycles. The number of furan rings is 1. The summed E-state index contributed by atoms with van der Waals surface area (Å²) >= 11 is 3.51. The van der Waals surface area contributed by atoms with E-state index in [1.54, 1.807) is 50.0 Å². The summed E-state index contributed by atoms with van der Waals surface area (Å²) in [5.74, 6) is 1.81. The molecule has 0 bridgehead atoms. The summed E-state index contributed by atoms with van der Waals surface area (Å²) in [4.78, 5) is 32.8. The molecule has 0 fully saturated rings. The van der Waals surface area contributed by atoms with E-state index in [0.717, 1.165) is 15.6 Å². The van der Waals surface area contributed by atoms with Crippen molar-refractivity contribution in [1.82, 2.24) is 4.57 Å². The summed E-state index contributed by atoms with van der Waals surface area (Å²) < 4.78 is 25.9. The second-order valence-corrected chi connectivity index (χ2v) is 11.5. The number of carbonyl (C=O) groups excluding carboxylic acids is 1. The maximum atomic E-state index is 14.1. The standard InChI is InChI=1S/C31H29IN2O6S/c1-5-7-23-27(30(36)39-6-2)28(22-16-20(37-3)12-15-25(22)38-4)34-29(35)26(41-31(34)33-23)17-21-13-14-24(40-21)18-8-10-19(32)11-9-18/h8-17,28H,5-7H2,1-4H3/b26-17-/t28-/m1/s1. The molecular formula is C31H29IN2O6S. The minimum atomic E-state index is -0.821. The van der Waals surface area contributed by atoms with Crippen LogP contribution in [-0.2, 0) is 9.53 Å². The molecule has 1 atom stereocenters. The highest BCUT2D eigenvalue weighted by atomic mass is 127. The summed E-state index contributed by atoms with van der Waals surface area (Å²) in [5.41, 5.74) is 2.16. The minimum Gasteiger partial charge on any atom is -0.497 e. The second-order valence-electron chi connectivity index (χ2n) is 9.23. The van der Waals surface area contributed by atoms with Gasteiger partial charge in [0.1, 0.15) is 29.1 Å². The number of aromatic nitrogens is 1. The number of ether oxygens (including phenoxy) is 3. The molecule has 0 spiro atoms. The molecule has 2 aromatic carbocycles. The van der Waals surface area contributed by atoms with Crippen LogP contribution in [0.2, 0.25) is 0 Å². The van der Waals surface area contributed by atoms with E-state index in [4.69, 9.17) is 23.6 Å². The van der Waals surface area contributed by atoms with Gasteiger partial charge in [0.25, 0.3) is 5.56 Å². The van der Waals surface area contributed by atoms with Gasteiger partial charge in [0.2, 0.25) is 0 Å². The van der Waals surface area contributed by atoms with Crippen LogP contribution in [-0.4, -0.2) is 31.4 Å². The predicted octanol–water partition coefficient (Wildman–Crippen LogP) is 5.46. The van der Waals surface area contributed by atoms with E-state index >= 15 is 0 Å². The number of thiazole rings is 1. The number of esters is 1. The zero-order valence-electron chi connectivity index (χ0n) is 23.1. The Balaban J connectivity index is 1.72. The van der Waals surface area contributed by atoms with Crippen LogP contribution >= 0.6 is 33.9 Å². The average molecular weight is 685 g/mol. The molecule has 0 unspecified atom stereocenters. The lowest BCUT2D eigenvalue weighted by Gasteiger charge is -2.27. The van der Waals surface area contributed by atoms with Crippen LogP contribution in [0, 0.1) is 3.57 Å². The first kappa shape index (κ1) is 28.9. The third-order valence-electron chi connectivity index (χ3n) is 6.65. The maximum Gasteiger partial charge on any atom is 0.338 e. The smallest absolute Gasteiger partial charge is 0.338 e. The van der Waals surface area contributed by atoms with E-state index < -0.39 is 12.0 Å². The molecule has 1 aliphatic heterocycles. The highest BCUT2D eigenvalue weighted by Crippen LogP contribution is 2.38. The van der Waals surface area contributed by atoms with Gasteiger partial charge in [-0.3, -0.25) is 9.36 Å². The number of rotatable bonds is 9. The number of fused-ring (bicyclic) bond motifs is 1. The number of carbonyl (C=O) groups is 1. The molecule has 0 radical (unpaired) electrons. The van der Waals surface area contributed by atoms with Crippen molar-refractivity contribution in [3.63, 3.8) is 0 Å². The van der Waals surface area contributed by atoms with Crippen molar-refractivity contribution in [3.8, 4) is 22.8 Å². The van der Waals surface area contributed by atoms with Gasteiger partial charge in [-0.15, -0.1) is 0 Å². The van der Waals surface area contributed by atoms with Gasteiger partial charge in [0.15, 0.2) is 4.80 Å². The van der Waals surface area contributed by atoms with Crippen molar-refractivity contribution in [2.45, 2.75) is 32.7 Å². The van der Waals surface area contributed by atoms with Crippen molar-refractivity contribution in [2.24, 2.45) is 4.99 Å². The van der Waals surface area contributed by atoms with Crippen molar-refractivity contribution in [3.05, 3.63) is 100 Å². The van der Waals surface area contributed by atoms with Gasteiger partial charge in [-0.05, 0) is 78.4 Å². The molecule has 10 heteroatoms. The topological polar surface area (TPSA) is 92.3 Å². The van der Waals surface area contributed by atoms with E-state index in [9.17, 15) is 9.59 Å².